The van der Waals surface area contributed by atoms with Crippen molar-refractivity contribution in [3.63, 3.8) is 0 Å². The Bertz CT molecular complexity index is 916. The number of aromatic amines is 1. The summed E-state index contributed by atoms with van der Waals surface area (Å²) >= 11 is 3.46. The van der Waals surface area contributed by atoms with Crippen molar-refractivity contribution >= 4 is 32.7 Å². The number of carbonyl (C=O) groups is 1. The van der Waals surface area contributed by atoms with Gasteiger partial charge in [-0.2, -0.15) is 0 Å². The topological polar surface area (TPSA) is 58.2 Å². The number of hydrogen-bond acceptors (Lipinski definition) is 3. The number of hydrogen-bond donors (Lipinski definition) is 1. The van der Waals surface area contributed by atoms with Gasteiger partial charge in [0.05, 0.1) is 10.9 Å². The van der Waals surface area contributed by atoms with Crippen LogP contribution in [0.5, 0.6) is 5.88 Å². The number of amides is 1. The van der Waals surface area contributed by atoms with Crippen molar-refractivity contribution < 1.29 is 9.53 Å². The van der Waals surface area contributed by atoms with Gasteiger partial charge >= 0.3 is 0 Å². The smallest absolute Gasteiger partial charge is 0.228 e. The maximum Gasteiger partial charge on any atom is 0.228 e. The van der Waals surface area contributed by atoms with E-state index in [0.29, 0.717) is 12.3 Å². The first kappa shape index (κ1) is 17.1. The molecule has 1 aromatic carbocycles. The summed E-state index contributed by atoms with van der Waals surface area (Å²) in [7, 11) is 0. The highest BCUT2D eigenvalue weighted by Gasteiger charge is 2.25. The molecule has 1 aliphatic rings. The van der Waals surface area contributed by atoms with Gasteiger partial charge in [-0.1, -0.05) is 18.2 Å². The lowest BCUT2D eigenvalue weighted by molar-refractivity contribution is -0.132. The molecule has 1 N–H and O–H groups in total. The molecule has 2 aromatic heterocycles. The van der Waals surface area contributed by atoms with Gasteiger partial charge in [0.2, 0.25) is 11.8 Å². The number of aromatic nitrogens is 2. The van der Waals surface area contributed by atoms with Crippen molar-refractivity contribution in [2.45, 2.75) is 25.4 Å². The molecule has 1 amide bonds. The standard InChI is InChI=1S/C20H20BrN3O2/c21-17-5-3-9-22-20(17)26-15-7-10-24(11-8-15)19(25)12-14-13-23-18-6-2-1-4-16(14)18/h1-6,9,13,15,23H,7-8,10-12H2. The summed E-state index contributed by atoms with van der Waals surface area (Å²) in [5.41, 5.74) is 2.13. The van der Waals surface area contributed by atoms with E-state index >= 15 is 0 Å². The minimum Gasteiger partial charge on any atom is -0.473 e. The van der Waals surface area contributed by atoms with Gasteiger partial charge in [0.15, 0.2) is 0 Å². The Morgan fingerprint density at radius 2 is 2.04 bits per heavy atom. The number of benzene rings is 1. The number of fused-ring (bicyclic) bond motifs is 1. The number of nitrogens with one attached hydrogen (secondary N) is 1. The van der Waals surface area contributed by atoms with Gasteiger partial charge in [-0.3, -0.25) is 4.79 Å². The molecule has 0 radical (unpaired) electrons. The largest absolute Gasteiger partial charge is 0.473 e. The first-order valence-electron chi connectivity index (χ1n) is 8.80. The molecule has 6 heteroatoms. The third kappa shape index (κ3) is 3.60. The van der Waals surface area contributed by atoms with E-state index in [2.05, 4.69) is 32.0 Å². The van der Waals surface area contributed by atoms with E-state index in [1.165, 1.54) is 0 Å². The number of para-hydroxylation sites is 1. The SMILES string of the molecule is O=C(Cc1c[nH]c2ccccc12)N1CCC(Oc2ncccc2Br)CC1. The van der Waals surface area contributed by atoms with Gasteiger partial charge in [-0.25, -0.2) is 4.98 Å². The highest BCUT2D eigenvalue weighted by atomic mass is 79.9. The number of H-pyrrole nitrogens is 1. The fourth-order valence-corrected chi connectivity index (χ4v) is 3.74. The Balaban J connectivity index is 1.34. The van der Waals surface area contributed by atoms with Crippen LogP contribution in [0.4, 0.5) is 0 Å². The summed E-state index contributed by atoms with van der Waals surface area (Å²) < 4.78 is 6.84. The van der Waals surface area contributed by atoms with Gasteiger partial charge < -0.3 is 14.6 Å². The zero-order valence-electron chi connectivity index (χ0n) is 14.3. The van der Waals surface area contributed by atoms with Gasteiger partial charge in [0.25, 0.3) is 0 Å². The Labute approximate surface area is 160 Å². The fourth-order valence-electron chi connectivity index (χ4n) is 3.39. The van der Waals surface area contributed by atoms with E-state index in [4.69, 9.17) is 4.74 Å². The summed E-state index contributed by atoms with van der Waals surface area (Å²) in [5, 5.41) is 1.12. The number of nitrogens with zero attached hydrogens (tertiary/aromatic N) is 2. The zero-order chi connectivity index (χ0) is 17.9. The zero-order valence-corrected chi connectivity index (χ0v) is 15.9. The lowest BCUT2D eigenvalue weighted by Crippen LogP contribution is -2.42. The average molecular weight is 414 g/mol. The normalized spacial score (nSPS) is 15.3. The minimum atomic E-state index is 0.0957. The van der Waals surface area contributed by atoms with Crippen molar-refractivity contribution in [3.8, 4) is 5.88 Å². The van der Waals surface area contributed by atoms with Crippen molar-refractivity contribution in [1.29, 1.82) is 0 Å². The number of halogens is 1. The molecule has 4 rings (SSSR count). The third-order valence-corrected chi connectivity index (χ3v) is 5.42. The van der Waals surface area contributed by atoms with Gasteiger partial charge in [0.1, 0.15) is 6.10 Å². The number of pyridine rings is 1. The monoisotopic (exact) mass is 413 g/mol. The summed E-state index contributed by atoms with van der Waals surface area (Å²) in [6.45, 7) is 1.44. The van der Waals surface area contributed by atoms with Crippen LogP contribution in [0.1, 0.15) is 18.4 Å². The van der Waals surface area contributed by atoms with Crippen LogP contribution in [0.15, 0.2) is 53.3 Å². The van der Waals surface area contributed by atoms with Crippen LogP contribution in [0.3, 0.4) is 0 Å². The fraction of sp³-hybridized carbons (Fsp3) is 0.300. The van der Waals surface area contributed by atoms with Crippen LogP contribution in [0.2, 0.25) is 0 Å². The van der Waals surface area contributed by atoms with Crippen LogP contribution < -0.4 is 4.74 Å². The molecule has 1 fully saturated rings. The predicted octanol–water partition coefficient (Wildman–Crippen LogP) is 3.94. The summed E-state index contributed by atoms with van der Waals surface area (Å²) in [6.07, 6.45) is 5.84. The number of rotatable bonds is 4. The highest BCUT2D eigenvalue weighted by Crippen LogP contribution is 2.25. The molecule has 0 bridgehead atoms. The second-order valence-corrected chi connectivity index (χ2v) is 7.38. The molecule has 0 atom stereocenters. The van der Waals surface area contributed by atoms with Crippen LogP contribution in [0, 0.1) is 0 Å². The third-order valence-electron chi connectivity index (χ3n) is 4.81. The summed E-state index contributed by atoms with van der Waals surface area (Å²) in [5.74, 6) is 0.795. The van der Waals surface area contributed by atoms with Gasteiger partial charge in [0, 0.05) is 49.2 Å². The van der Waals surface area contributed by atoms with Crippen molar-refractivity contribution in [3.05, 3.63) is 58.8 Å². The lowest BCUT2D eigenvalue weighted by Gasteiger charge is -2.32. The molecule has 5 nitrogen and oxygen atoms in total. The second kappa shape index (κ2) is 7.50. The lowest BCUT2D eigenvalue weighted by atomic mass is 10.1. The molecule has 3 aromatic rings. The van der Waals surface area contributed by atoms with Crippen LogP contribution in [-0.4, -0.2) is 40.0 Å². The van der Waals surface area contributed by atoms with E-state index in [1.807, 2.05) is 41.4 Å². The quantitative estimate of drug-likeness (QED) is 0.704. The summed E-state index contributed by atoms with van der Waals surface area (Å²) in [6, 6.07) is 11.9. The molecule has 1 saturated heterocycles. The Kier molecular flexibility index (Phi) is 4.93. The van der Waals surface area contributed by atoms with Gasteiger partial charge in [-0.15, -0.1) is 0 Å². The molecule has 0 saturated carbocycles. The Morgan fingerprint density at radius 1 is 1.23 bits per heavy atom. The van der Waals surface area contributed by atoms with Crippen LogP contribution in [0.25, 0.3) is 10.9 Å². The maximum absolute atomic E-state index is 12.7. The minimum absolute atomic E-state index is 0.0957. The molecule has 134 valence electrons. The molecule has 0 aliphatic carbocycles. The van der Waals surface area contributed by atoms with E-state index in [9.17, 15) is 4.79 Å². The number of carbonyl (C=O) groups excluding carboxylic acids is 1. The van der Waals surface area contributed by atoms with Crippen LogP contribution >= 0.6 is 15.9 Å². The number of piperidine rings is 1. The van der Waals surface area contributed by atoms with Gasteiger partial charge in [-0.05, 0) is 39.7 Å². The molecular weight excluding hydrogens is 394 g/mol. The van der Waals surface area contributed by atoms with E-state index < -0.39 is 0 Å². The number of likely N-dealkylation sites (tertiary alicyclic amines) is 1. The summed E-state index contributed by atoms with van der Waals surface area (Å²) in [4.78, 5) is 22.1. The van der Waals surface area contributed by atoms with Crippen molar-refractivity contribution in [2.75, 3.05) is 13.1 Å². The molecular formula is C20H20BrN3O2. The molecule has 0 spiro atoms. The maximum atomic E-state index is 12.7. The Hall–Kier alpha value is -2.34. The highest BCUT2D eigenvalue weighted by molar-refractivity contribution is 9.10. The second-order valence-electron chi connectivity index (χ2n) is 6.52. The van der Waals surface area contributed by atoms with E-state index in [0.717, 1.165) is 46.9 Å². The Morgan fingerprint density at radius 3 is 2.85 bits per heavy atom. The predicted molar refractivity (Wildman–Crippen MR) is 104 cm³/mol. The van der Waals surface area contributed by atoms with E-state index in [-0.39, 0.29) is 12.0 Å². The average Bonchev–Trinajstić information content (AvgIpc) is 3.07. The molecule has 0 unspecified atom stereocenters. The number of ether oxygens (including phenoxy) is 1. The van der Waals surface area contributed by atoms with Crippen molar-refractivity contribution in [2.24, 2.45) is 0 Å². The molecule has 3 heterocycles. The first-order valence-corrected chi connectivity index (χ1v) is 9.60. The molecule has 26 heavy (non-hydrogen) atoms. The first-order chi connectivity index (χ1) is 12.7. The van der Waals surface area contributed by atoms with E-state index in [1.54, 1.807) is 6.20 Å². The van der Waals surface area contributed by atoms with Crippen molar-refractivity contribution in [1.82, 2.24) is 14.9 Å². The van der Waals surface area contributed by atoms with Crippen LogP contribution in [-0.2, 0) is 11.2 Å². The molecule has 1 aliphatic heterocycles.